The van der Waals surface area contributed by atoms with Gasteiger partial charge in [-0.25, -0.2) is 13.6 Å². The Kier molecular flexibility index (Phi) is 6.59. The Bertz CT molecular complexity index is 919. The first-order valence-electron chi connectivity index (χ1n) is 7.91. The van der Waals surface area contributed by atoms with Gasteiger partial charge in [-0.15, -0.1) is 0 Å². The zero-order valence-corrected chi connectivity index (χ0v) is 14.9. The topological polar surface area (TPSA) is 108 Å². The molecule has 1 atom stereocenters. The number of carbonyl (C=O) groups is 2. The Hall–Kier alpha value is -3.56. The number of rotatable bonds is 7. The highest BCUT2D eigenvalue weighted by Gasteiger charge is 2.25. The van der Waals surface area contributed by atoms with Crippen molar-refractivity contribution in [2.45, 2.75) is 12.5 Å². The molecular weight excluding hydrogens is 378 g/mol. The molecule has 28 heavy (non-hydrogen) atoms. The molecule has 1 amide bonds. The van der Waals surface area contributed by atoms with Crippen molar-refractivity contribution in [1.29, 1.82) is 0 Å². The molecule has 0 unspecified atom stereocenters. The van der Waals surface area contributed by atoms with Crippen LogP contribution in [0.2, 0.25) is 0 Å². The third-order valence-corrected chi connectivity index (χ3v) is 3.85. The average molecular weight is 394 g/mol. The van der Waals surface area contributed by atoms with E-state index < -0.39 is 34.5 Å². The summed E-state index contributed by atoms with van der Waals surface area (Å²) in [5.41, 5.74) is -0.155. The summed E-state index contributed by atoms with van der Waals surface area (Å²) in [4.78, 5) is 34.8. The highest BCUT2D eigenvalue weighted by Crippen LogP contribution is 2.28. The number of nitrogens with one attached hydrogen (secondary N) is 1. The Balaban J connectivity index is 2.26. The molecule has 0 aliphatic carbocycles. The van der Waals surface area contributed by atoms with E-state index in [1.165, 1.54) is 25.3 Å². The van der Waals surface area contributed by atoms with E-state index in [0.29, 0.717) is 11.6 Å². The van der Waals surface area contributed by atoms with Gasteiger partial charge in [0.2, 0.25) is 0 Å². The van der Waals surface area contributed by atoms with Crippen molar-refractivity contribution in [3.05, 3.63) is 69.3 Å². The molecule has 1 N–H and O–H groups in total. The smallest absolute Gasteiger partial charge is 0.328 e. The fourth-order valence-electron chi connectivity index (χ4n) is 2.46. The van der Waals surface area contributed by atoms with Crippen molar-refractivity contribution in [1.82, 2.24) is 5.32 Å². The number of ether oxygens (including phenoxy) is 2. The van der Waals surface area contributed by atoms with E-state index >= 15 is 0 Å². The summed E-state index contributed by atoms with van der Waals surface area (Å²) >= 11 is 0. The van der Waals surface area contributed by atoms with Gasteiger partial charge in [-0.05, 0) is 29.8 Å². The van der Waals surface area contributed by atoms with Crippen molar-refractivity contribution in [3.8, 4) is 5.75 Å². The Morgan fingerprint density at radius 2 is 1.86 bits per heavy atom. The molecule has 0 bridgehead atoms. The van der Waals surface area contributed by atoms with Crippen LogP contribution < -0.4 is 10.1 Å². The molecule has 0 aliphatic heterocycles. The maximum atomic E-state index is 13.3. The van der Waals surface area contributed by atoms with E-state index in [4.69, 9.17) is 4.74 Å². The van der Waals surface area contributed by atoms with Gasteiger partial charge in [0.25, 0.3) is 5.91 Å². The summed E-state index contributed by atoms with van der Waals surface area (Å²) in [6.45, 7) is 0. The second-order valence-electron chi connectivity index (χ2n) is 5.65. The minimum Gasteiger partial charge on any atom is -0.490 e. The van der Waals surface area contributed by atoms with Crippen molar-refractivity contribution in [2.75, 3.05) is 14.2 Å². The number of methoxy groups -OCH3 is 2. The summed E-state index contributed by atoms with van der Waals surface area (Å²) in [6, 6.07) is 5.38. The van der Waals surface area contributed by atoms with Gasteiger partial charge >= 0.3 is 11.7 Å². The number of benzene rings is 2. The number of nitrogens with zero attached hydrogens (tertiary/aromatic N) is 1. The standard InChI is InChI=1S/C18H16F2N2O6/c1-27-16-6-3-10(8-15(16)22(25)26)7-14(18(24)28-2)21-17(23)11-4-5-12(19)13(20)9-11/h3-6,8-9,14H,7H2,1-2H3,(H,21,23)/t14-/m0/s1. The van der Waals surface area contributed by atoms with Crippen LogP contribution >= 0.6 is 0 Å². The molecule has 2 aromatic carbocycles. The monoisotopic (exact) mass is 394 g/mol. The second kappa shape index (κ2) is 8.89. The third-order valence-electron chi connectivity index (χ3n) is 3.85. The summed E-state index contributed by atoms with van der Waals surface area (Å²) in [5.74, 6) is -3.94. The Morgan fingerprint density at radius 3 is 2.43 bits per heavy atom. The van der Waals surface area contributed by atoms with Crippen LogP contribution in [0.3, 0.4) is 0 Å². The van der Waals surface area contributed by atoms with Crippen LogP contribution in [0, 0.1) is 21.7 Å². The molecule has 0 radical (unpaired) electrons. The normalized spacial score (nSPS) is 11.4. The minimum absolute atomic E-state index is 0.0363. The summed E-state index contributed by atoms with van der Waals surface area (Å²) in [6.07, 6.45) is -0.132. The Labute approximate surface area is 158 Å². The number of hydrogen-bond acceptors (Lipinski definition) is 6. The summed E-state index contributed by atoms with van der Waals surface area (Å²) < 4.78 is 35.9. The van der Waals surface area contributed by atoms with Gasteiger partial charge in [-0.3, -0.25) is 14.9 Å². The number of nitro benzene ring substituents is 1. The second-order valence-corrected chi connectivity index (χ2v) is 5.65. The number of hydrogen-bond donors (Lipinski definition) is 1. The largest absolute Gasteiger partial charge is 0.490 e. The predicted octanol–water partition coefficient (Wildman–Crippen LogP) is 2.40. The van der Waals surface area contributed by atoms with Crippen molar-refractivity contribution >= 4 is 17.6 Å². The number of halogens is 2. The first kappa shape index (κ1) is 20.7. The van der Waals surface area contributed by atoms with E-state index in [-0.39, 0.29) is 23.4 Å². The Morgan fingerprint density at radius 1 is 1.14 bits per heavy atom. The van der Waals surface area contributed by atoms with Gasteiger partial charge < -0.3 is 14.8 Å². The number of esters is 1. The van der Waals surface area contributed by atoms with Crippen LogP contribution in [0.15, 0.2) is 36.4 Å². The molecule has 8 nitrogen and oxygen atoms in total. The van der Waals surface area contributed by atoms with Crippen LogP contribution in [0.1, 0.15) is 15.9 Å². The number of carbonyl (C=O) groups excluding carboxylic acids is 2. The van der Waals surface area contributed by atoms with E-state index in [1.807, 2.05) is 0 Å². The van der Waals surface area contributed by atoms with Gasteiger partial charge in [0, 0.05) is 18.1 Å². The van der Waals surface area contributed by atoms with E-state index in [0.717, 1.165) is 19.2 Å². The quantitative estimate of drug-likeness (QED) is 0.439. The lowest BCUT2D eigenvalue weighted by Crippen LogP contribution is -2.43. The molecule has 0 aromatic heterocycles. The zero-order valence-electron chi connectivity index (χ0n) is 14.9. The molecule has 0 spiro atoms. The average Bonchev–Trinajstić information content (AvgIpc) is 2.68. The molecule has 0 saturated carbocycles. The lowest BCUT2D eigenvalue weighted by Gasteiger charge is -2.17. The number of nitro groups is 1. The SMILES string of the molecule is COC(=O)[C@H](Cc1ccc(OC)c([N+](=O)[O-])c1)NC(=O)c1ccc(F)c(F)c1. The van der Waals surface area contributed by atoms with Crippen LogP contribution in [0.5, 0.6) is 5.75 Å². The van der Waals surface area contributed by atoms with E-state index in [9.17, 15) is 28.5 Å². The maximum Gasteiger partial charge on any atom is 0.328 e. The third kappa shape index (κ3) is 4.78. The minimum atomic E-state index is -1.21. The van der Waals surface area contributed by atoms with Crippen molar-refractivity contribution in [3.63, 3.8) is 0 Å². The van der Waals surface area contributed by atoms with Crippen LogP contribution in [0.4, 0.5) is 14.5 Å². The molecule has 2 aromatic rings. The molecule has 0 fully saturated rings. The van der Waals surface area contributed by atoms with Crippen LogP contribution in [-0.4, -0.2) is 37.1 Å². The van der Waals surface area contributed by atoms with Gasteiger partial charge in [0.1, 0.15) is 6.04 Å². The zero-order chi connectivity index (χ0) is 20.8. The molecule has 2 rings (SSSR count). The first-order valence-corrected chi connectivity index (χ1v) is 7.91. The van der Waals surface area contributed by atoms with Gasteiger partial charge in [0.05, 0.1) is 19.1 Å². The van der Waals surface area contributed by atoms with Crippen LogP contribution in [0.25, 0.3) is 0 Å². The summed E-state index contributed by atoms with van der Waals surface area (Å²) in [5, 5.41) is 13.5. The molecule has 10 heteroatoms. The maximum absolute atomic E-state index is 13.3. The fourth-order valence-corrected chi connectivity index (χ4v) is 2.46. The lowest BCUT2D eigenvalue weighted by molar-refractivity contribution is -0.385. The molecular formula is C18H16F2N2O6. The fraction of sp³-hybridized carbons (Fsp3) is 0.222. The lowest BCUT2D eigenvalue weighted by atomic mass is 10.0. The highest BCUT2D eigenvalue weighted by molar-refractivity contribution is 5.96. The van der Waals surface area contributed by atoms with Gasteiger partial charge in [-0.2, -0.15) is 0 Å². The predicted molar refractivity (Wildman–Crippen MR) is 93.0 cm³/mol. The van der Waals surface area contributed by atoms with Crippen molar-refractivity contribution in [2.24, 2.45) is 0 Å². The van der Waals surface area contributed by atoms with E-state index in [1.54, 1.807) is 0 Å². The molecule has 148 valence electrons. The summed E-state index contributed by atoms with van der Waals surface area (Å²) in [7, 11) is 2.39. The first-order chi connectivity index (χ1) is 13.3. The van der Waals surface area contributed by atoms with E-state index in [2.05, 4.69) is 10.1 Å². The van der Waals surface area contributed by atoms with Gasteiger partial charge in [-0.1, -0.05) is 6.07 Å². The van der Waals surface area contributed by atoms with Crippen LogP contribution in [-0.2, 0) is 16.0 Å². The highest BCUT2D eigenvalue weighted by atomic mass is 19.2. The molecule has 0 heterocycles. The molecule has 0 aliphatic rings. The number of amides is 1. The molecule has 0 saturated heterocycles. The van der Waals surface area contributed by atoms with Gasteiger partial charge in [0.15, 0.2) is 17.4 Å². The van der Waals surface area contributed by atoms with Crippen molar-refractivity contribution < 1.29 is 32.8 Å².